The molecule has 6 nitrogen and oxygen atoms in total. The number of halogens is 3. The van der Waals surface area contributed by atoms with Crippen LogP contribution in [0.2, 0.25) is 15.1 Å². The molecular weight excluding hydrogens is 435 g/mol. The molecule has 0 saturated carbocycles. The highest BCUT2D eigenvalue weighted by Gasteiger charge is 2.36. The minimum absolute atomic E-state index is 0.0742. The number of nitrogens with zero attached hydrogens (tertiary/aromatic N) is 2. The van der Waals surface area contributed by atoms with Crippen molar-refractivity contribution in [3.63, 3.8) is 0 Å². The number of nitrogens with one attached hydrogen (secondary N) is 2. The topological polar surface area (TPSA) is 76.0 Å². The van der Waals surface area contributed by atoms with Crippen molar-refractivity contribution in [2.45, 2.75) is 19.4 Å². The van der Waals surface area contributed by atoms with Gasteiger partial charge in [0.1, 0.15) is 11.9 Å². The van der Waals surface area contributed by atoms with Crippen LogP contribution in [0.25, 0.3) is 11.1 Å². The first-order valence-electron chi connectivity index (χ1n) is 8.74. The lowest BCUT2D eigenvalue weighted by molar-refractivity contribution is -0.123. The third kappa shape index (κ3) is 3.83. The van der Waals surface area contributed by atoms with Gasteiger partial charge in [-0.15, -0.1) is 0 Å². The Hall–Kier alpha value is -2.54. The fraction of sp³-hybridized carbons (Fsp3) is 0.150. The maximum Gasteiger partial charge on any atom is 0.251 e. The van der Waals surface area contributed by atoms with Crippen LogP contribution in [-0.2, 0) is 9.59 Å². The van der Waals surface area contributed by atoms with Gasteiger partial charge >= 0.3 is 0 Å². The summed E-state index contributed by atoms with van der Waals surface area (Å²) in [5, 5.41) is 11.4. The molecule has 1 aliphatic rings. The molecule has 4 rings (SSSR count). The zero-order chi connectivity index (χ0) is 20.7. The molecule has 1 unspecified atom stereocenters. The Morgan fingerprint density at radius 1 is 1.17 bits per heavy atom. The Morgan fingerprint density at radius 2 is 1.97 bits per heavy atom. The summed E-state index contributed by atoms with van der Waals surface area (Å²) in [7, 11) is 0. The van der Waals surface area contributed by atoms with E-state index in [2.05, 4.69) is 15.7 Å². The highest BCUT2D eigenvalue weighted by molar-refractivity contribution is 6.42. The molecule has 2 aromatic carbocycles. The molecule has 9 heteroatoms. The van der Waals surface area contributed by atoms with Gasteiger partial charge in [0.15, 0.2) is 0 Å². The van der Waals surface area contributed by atoms with Gasteiger partial charge in [-0.2, -0.15) is 5.10 Å². The van der Waals surface area contributed by atoms with Crippen molar-refractivity contribution in [1.82, 2.24) is 9.78 Å². The predicted molar refractivity (Wildman–Crippen MR) is 115 cm³/mol. The highest BCUT2D eigenvalue weighted by atomic mass is 35.5. The molecule has 2 N–H and O–H groups in total. The Balaban J connectivity index is 1.58. The number of carbonyl (C=O) groups excluding carboxylic acids is 2. The lowest BCUT2D eigenvalue weighted by Gasteiger charge is -2.10. The molecule has 0 bridgehead atoms. The van der Waals surface area contributed by atoms with Crippen LogP contribution in [0.5, 0.6) is 0 Å². The first-order chi connectivity index (χ1) is 13.8. The van der Waals surface area contributed by atoms with Gasteiger partial charge in [-0.3, -0.25) is 9.59 Å². The minimum atomic E-state index is -0.751. The summed E-state index contributed by atoms with van der Waals surface area (Å²) in [6, 6.07) is 11.3. The minimum Gasteiger partial charge on any atom is -0.326 e. The molecule has 0 spiro atoms. The second kappa shape index (κ2) is 7.71. The van der Waals surface area contributed by atoms with Crippen molar-refractivity contribution in [2.75, 3.05) is 10.6 Å². The van der Waals surface area contributed by atoms with Crippen molar-refractivity contribution in [3.8, 4) is 11.1 Å². The maximum absolute atomic E-state index is 12.5. The molecule has 1 aromatic heterocycles. The van der Waals surface area contributed by atoms with Gasteiger partial charge in [-0.1, -0.05) is 46.9 Å². The first-order valence-corrected chi connectivity index (χ1v) is 9.87. The number of anilines is 2. The summed E-state index contributed by atoms with van der Waals surface area (Å²) >= 11 is 18.0. The van der Waals surface area contributed by atoms with Crippen LogP contribution < -0.4 is 10.6 Å². The number of aryl methyl sites for hydroxylation is 1. The lowest BCUT2D eigenvalue weighted by Crippen LogP contribution is -2.23. The molecule has 0 saturated heterocycles. The Morgan fingerprint density at radius 3 is 2.69 bits per heavy atom. The van der Waals surface area contributed by atoms with E-state index in [1.165, 1.54) is 0 Å². The van der Waals surface area contributed by atoms with Crippen molar-refractivity contribution in [3.05, 3.63) is 63.2 Å². The van der Waals surface area contributed by atoms with Crippen molar-refractivity contribution >= 4 is 58.1 Å². The second-order valence-corrected chi connectivity index (χ2v) is 7.90. The molecule has 2 heterocycles. The SMILES string of the molecule is Cc1nn2c(c1-c1cccc(Cl)c1)NC(=O)C2CC(=O)Nc1ccc(Cl)c(Cl)c1. The quantitative estimate of drug-likeness (QED) is 0.564. The smallest absolute Gasteiger partial charge is 0.251 e. The summed E-state index contributed by atoms with van der Waals surface area (Å²) in [5.74, 6) is -0.0731. The van der Waals surface area contributed by atoms with E-state index in [1.807, 2.05) is 25.1 Å². The predicted octanol–water partition coefficient (Wildman–Crippen LogP) is 5.34. The zero-order valence-electron chi connectivity index (χ0n) is 15.2. The van der Waals surface area contributed by atoms with E-state index >= 15 is 0 Å². The number of rotatable bonds is 4. The van der Waals surface area contributed by atoms with Crippen LogP contribution in [0.3, 0.4) is 0 Å². The monoisotopic (exact) mass is 448 g/mol. The van der Waals surface area contributed by atoms with E-state index in [0.717, 1.165) is 16.8 Å². The molecule has 1 atom stereocenters. The second-order valence-electron chi connectivity index (χ2n) is 6.65. The number of hydrogen-bond donors (Lipinski definition) is 2. The van der Waals surface area contributed by atoms with E-state index in [0.29, 0.717) is 26.6 Å². The lowest BCUT2D eigenvalue weighted by atomic mass is 10.1. The third-order valence-corrected chi connectivity index (χ3v) is 5.59. The molecule has 0 fully saturated rings. The van der Waals surface area contributed by atoms with Crippen LogP contribution in [0, 0.1) is 6.92 Å². The van der Waals surface area contributed by atoms with Crippen molar-refractivity contribution in [1.29, 1.82) is 0 Å². The fourth-order valence-corrected chi connectivity index (χ4v) is 3.82. The van der Waals surface area contributed by atoms with Crippen LogP contribution in [-0.4, -0.2) is 21.6 Å². The van der Waals surface area contributed by atoms with Crippen LogP contribution in [0.15, 0.2) is 42.5 Å². The molecule has 0 aliphatic carbocycles. The van der Waals surface area contributed by atoms with E-state index in [4.69, 9.17) is 34.8 Å². The van der Waals surface area contributed by atoms with Crippen molar-refractivity contribution < 1.29 is 9.59 Å². The van der Waals surface area contributed by atoms with Gasteiger partial charge in [0.2, 0.25) is 5.91 Å². The molecule has 0 radical (unpaired) electrons. The van der Waals surface area contributed by atoms with E-state index in [9.17, 15) is 9.59 Å². The molecule has 3 aromatic rings. The molecule has 148 valence electrons. The number of carbonyl (C=O) groups is 2. The van der Waals surface area contributed by atoms with Gasteiger partial charge < -0.3 is 10.6 Å². The normalized spacial score (nSPS) is 15.2. The van der Waals surface area contributed by atoms with Gasteiger partial charge in [0, 0.05) is 16.3 Å². The standard InChI is InChI=1S/C20H15Cl3N4O2/c1-10-18(11-3-2-4-12(21)7-11)19-25-20(29)16(27(19)26-10)9-17(28)24-13-5-6-14(22)15(23)8-13/h2-8,16H,9H2,1H3,(H,24,28)(H,25,29). The summed E-state index contributed by atoms with van der Waals surface area (Å²) in [4.78, 5) is 25.0. The summed E-state index contributed by atoms with van der Waals surface area (Å²) < 4.78 is 1.56. The van der Waals surface area contributed by atoms with E-state index in [1.54, 1.807) is 28.9 Å². The van der Waals surface area contributed by atoms with Crippen LogP contribution in [0.4, 0.5) is 11.5 Å². The largest absolute Gasteiger partial charge is 0.326 e. The Kier molecular flexibility index (Phi) is 5.25. The van der Waals surface area contributed by atoms with Crippen LogP contribution >= 0.6 is 34.8 Å². The number of fused-ring (bicyclic) bond motifs is 1. The van der Waals surface area contributed by atoms with Gasteiger partial charge in [0.25, 0.3) is 5.91 Å². The summed E-state index contributed by atoms with van der Waals surface area (Å²) in [6.45, 7) is 1.85. The number of amides is 2. The van der Waals surface area contributed by atoms with Gasteiger partial charge in [0.05, 0.1) is 22.2 Å². The van der Waals surface area contributed by atoms with E-state index in [-0.39, 0.29) is 18.2 Å². The van der Waals surface area contributed by atoms with Gasteiger partial charge in [-0.05, 0) is 42.8 Å². The number of benzene rings is 2. The summed E-state index contributed by atoms with van der Waals surface area (Å²) in [6.07, 6.45) is -0.0742. The summed E-state index contributed by atoms with van der Waals surface area (Å²) in [5.41, 5.74) is 2.86. The zero-order valence-corrected chi connectivity index (χ0v) is 17.4. The third-order valence-electron chi connectivity index (χ3n) is 4.62. The first kappa shape index (κ1) is 19.8. The van der Waals surface area contributed by atoms with Gasteiger partial charge in [-0.25, -0.2) is 4.68 Å². The number of hydrogen-bond acceptors (Lipinski definition) is 3. The fourth-order valence-electron chi connectivity index (χ4n) is 3.33. The Labute approximate surface area is 181 Å². The molecule has 2 amide bonds. The highest BCUT2D eigenvalue weighted by Crippen LogP contribution is 2.39. The average molecular weight is 450 g/mol. The molecule has 29 heavy (non-hydrogen) atoms. The molecular formula is C20H15Cl3N4O2. The van der Waals surface area contributed by atoms with Crippen molar-refractivity contribution in [2.24, 2.45) is 0 Å². The van der Waals surface area contributed by atoms with E-state index < -0.39 is 6.04 Å². The van der Waals surface area contributed by atoms with Crippen LogP contribution in [0.1, 0.15) is 18.2 Å². The Bertz CT molecular complexity index is 1140. The average Bonchev–Trinajstić information content (AvgIpc) is 3.12. The number of aromatic nitrogens is 2. The maximum atomic E-state index is 12.5. The molecule has 1 aliphatic heterocycles.